The summed E-state index contributed by atoms with van der Waals surface area (Å²) in [5.41, 5.74) is 7.02. The maximum Gasteiger partial charge on any atom is 0.195 e. The molecule has 1 saturated carbocycles. The third-order valence-electron chi connectivity index (χ3n) is 3.29. The second-order valence-corrected chi connectivity index (χ2v) is 5.35. The van der Waals surface area contributed by atoms with Crippen LogP contribution in [0.1, 0.15) is 31.2 Å². The van der Waals surface area contributed by atoms with Crippen LogP contribution in [0.15, 0.2) is 29.5 Å². The van der Waals surface area contributed by atoms with Crippen molar-refractivity contribution in [3.05, 3.63) is 30.1 Å². The molecule has 0 aromatic carbocycles. The van der Waals surface area contributed by atoms with E-state index in [1.54, 1.807) is 6.20 Å². The summed E-state index contributed by atoms with van der Waals surface area (Å²) in [5.74, 6) is 0.416. The molecule has 0 radical (unpaired) electrons. The molecule has 2 rings (SSSR count). The van der Waals surface area contributed by atoms with Crippen LogP contribution < -0.4 is 16.4 Å². The van der Waals surface area contributed by atoms with Gasteiger partial charge in [-0.05, 0) is 56.0 Å². The lowest BCUT2D eigenvalue weighted by Crippen LogP contribution is -2.44. The van der Waals surface area contributed by atoms with E-state index in [-0.39, 0.29) is 0 Å². The first-order valence-electron chi connectivity index (χ1n) is 7.01. The lowest BCUT2D eigenvalue weighted by molar-refractivity contribution is 0.419. The first-order valence-corrected chi connectivity index (χ1v) is 7.42. The molecule has 5 nitrogen and oxygen atoms in total. The molecular formula is C14H21N5S. The minimum atomic E-state index is 0.385. The van der Waals surface area contributed by atoms with E-state index in [1.165, 1.54) is 12.0 Å². The van der Waals surface area contributed by atoms with Crippen LogP contribution >= 0.6 is 12.2 Å². The number of nitrogens with one attached hydrogen (secondary N) is 2. The maximum atomic E-state index is 5.78. The number of hydrogen-bond acceptors (Lipinski definition) is 3. The van der Waals surface area contributed by atoms with Crippen LogP contribution in [-0.2, 0) is 6.42 Å². The van der Waals surface area contributed by atoms with Crippen LogP contribution in [0.3, 0.4) is 0 Å². The van der Waals surface area contributed by atoms with Gasteiger partial charge in [0.1, 0.15) is 0 Å². The van der Waals surface area contributed by atoms with Gasteiger partial charge in [0.2, 0.25) is 0 Å². The van der Waals surface area contributed by atoms with E-state index in [4.69, 9.17) is 18.0 Å². The molecule has 1 aromatic rings. The highest BCUT2D eigenvalue weighted by molar-refractivity contribution is 7.80. The predicted octanol–water partition coefficient (Wildman–Crippen LogP) is 1.35. The Labute approximate surface area is 125 Å². The van der Waals surface area contributed by atoms with Crippen LogP contribution in [0.25, 0.3) is 0 Å². The SMILES string of the molecule is NC(=NC1CCC1)NC(=S)NCCCc1cccnc1. The van der Waals surface area contributed by atoms with Crippen molar-refractivity contribution in [1.82, 2.24) is 15.6 Å². The molecule has 4 N–H and O–H groups in total. The topological polar surface area (TPSA) is 75.3 Å². The minimum absolute atomic E-state index is 0.385. The van der Waals surface area contributed by atoms with Crippen LogP contribution in [0, 0.1) is 0 Å². The number of nitrogens with two attached hydrogens (primary N) is 1. The second-order valence-electron chi connectivity index (χ2n) is 4.94. The fraction of sp³-hybridized carbons (Fsp3) is 0.500. The Bertz CT molecular complexity index is 456. The van der Waals surface area contributed by atoms with Gasteiger partial charge in [-0.2, -0.15) is 0 Å². The van der Waals surface area contributed by atoms with Gasteiger partial charge in [0, 0.05) is 18.9 Å². The summed E-state index contributed by atoms with van der Waals surface area (Å²) in [6.07, 6.45) is 9.16. The van der Waals surface area contributed by atoms with Crippen molar-refractivity contribution in [3.63, 3.8) is 0 Å². The monoisotopic (exact) mass is 291 g/mol. The first kappa shape index (κ1) is 14.7. The molecule has 0 unspecified atom stereocenters. The highest BCUT2D eigenvalue weighted by Crippen LogP contribution is 2.21. The maximum absolute atomic E-state index is 5.78. The van der Waals surface area contributed by atoms with Crippen LogP contribution in [0.2, 0.25) is 0 Å². The number of aromatic nitrogens is 1. The quantitative estimate of drug-likeness (QED) is 0.330. The lowest BCUT2D eigenvalue weighted by atomic mass is 9.94. The summed E-state index contributed by atoms with van der Waals surface area (Å²) in [6.45, 7) is 0.803. The minimum Gasteiger partial charge on any atom is -0.370 e. The van der Waals surface area contributed by atoms with Crippen molar-refractivity contribution >= 4 is 23.3 Å². The van der Waals surface area contributed by atoms with Gasteiger partial charge in [-0.1, -0.05) is 6.07 Å². The molecule has 0 bridgehead atoms. The molecule has 0 atom stereocenters. The molecule has 6 heteroatoms. The third-order valence-corrected chi connectivity index (χ3v) is 3.53. The van der Waals surface area contributed by atoms with Gasteiger partial charge in [0.25, 0.3) is 0 Å². The molecule has 1 heterocycles. The first-order chi connectivity index (χ1) is 9.74. The Morgan fingerprint density at radius 2 is 2.35 bits per heavy atom. The molecule has 20 heavy (non-hydrogen) atoms. The zero-order chi connectivity index (χ0) is 14.2. The van der Waals surface area contributed by atoms with Crippen LogP contribution in [0.4, 0.5) is 0 Å². The average molecular weight is 291 g/mol. The Kier molecular flexibility index (Phi) is 5.73. The van der Waals surface area contributed by atoms with E-state index in [1.807, 2.05) is 12.3 Å². The van der Waals surface area contributed by atoms with Gasteiger partial charge >= 0.3 is 0 Å². The summed E-state index contributed by atoms with van der Waals surface area (Å²) in [6, 6.07) is 4.41. The molecule has 1 aliphatic rings. The smallest absolute Gasteiger partial charge is 0.195 e. The summed E-state index contributed by atoms with van der Waals surface area (Å²) < 4.78 is 0. The number of aliphatic imine (C=N–C) groups is 1. The summed E-state index contributed by atoms with van der Waals surface area (Å²) in [7, 11) is 0. The fourth-order valence-corrected chi connectivity index (χ4v) is 2.15. The summed E-state index contributed by atoms with van der Waals surface area (Å²) >= 11 is 5.17. The number of aryl methyl sites for hydroxylation is 1. The number of hydrogen-bond donors (Lipinski definition) is 3. The van der Waals surface area contributed by atoms with Crippen molar-refractivity contribution in [2.45, 2.75) is 38.1 Å². The van der Waals surface area contributed by atoms with Gasteiger partial charge in [0.15, 0.2) is 11.1 Å². The Morgan fingerprint density at radius 1 is 1.50 bits per heavy atom. The van der Waals surface area contributed by atoms with E-state index in [0.29, 0.717) is 17.1 Å². The molecular weight excluding hydrogens is 270 g/mol. The van der Waals surface area contributed by atoms with Gasteiger partial charge in [-0.15, -0.1) is 0 Å². The number of guanidine groups is 1. The molecule has 1 aliphatic carbocycles. The highest BCUT2D eigenvalue weighted by Gasteiger charge is 2.16. The van der Waals surface area contributed by atoms with Gasteiger partial charge < -0.3 is 16.4 Å². The second kappa shape index (κ2) is 7.79. The van der Waals surface area contributed by atoms with Crippen molar-refractivity contribution < 1.29 is 0 Å². The van der Waals surface area contributed by atoms with Gasteiger partial charge in [-0.3, -0.25) is 4.98 Å². The van der Waals surface area contributed by atoms with E-state index < -0.39 is 0 Å². The molecule has 0 spiro atoms. The predicted molar refractivity (Wildman–Crippen MR) is 85.6 cm³/mol. The molecule has 0 aliphatic heterocycles. The van der Waals surface area contributed by atoms with Crippen molar-refractivity contribution in [2.75, 3.05) is 6.54 Å². The summed E-state index contributed by atoms with van der Waals surface area (Å²) in [4.78, 5) is 8.43. The zero-order valence-corrected chi connectivity index (χ0v) is 12.3. The number of nitrogens with zero attached hydrogens (tertiary/aromatic N) is 2. The molecule has 1 fully saturated rings. The van der Waals surface area contributed by atoms with Crippen LogP contribution in [0.5, 0.6) is 0 Å². The van der Waals surface area contributed by atoms with Crippen molar-refractivity contribution in [2.24, 2.45) is 10.7 Å². The molecule has 1 aromatic heterocycles. The summed E-state index contributed by atoms with van der Waals surface area (Å²) in [5, 5.41) is 6.58. The third kappa shape index (κ3) is 5.13. The highest BCUT2D eigenvalue weighted by atomic mass is 32.1. The molecule has 0 amide bonds. The normalized spacial score (nSPS) is 15.5. The van der Waals surface area contributed by atoms with Crippen molar-refractivity contribution in [1.29, 1.82) is 0 Å². The van der Waals surface area contributed by atoms with Crippen LogP contribution in [-0.4, -0.2) is 28.6 Å². The van der Waals surface area contributed by atoms with E-state index in [0.717, 1.165) is 32.2 Å². The fourth-order valence-electron chi connectivity index (χ4n) is 1.95. The van der Waals surface area contributed by atoms with Crippen molar-refractivity contribution in [3.8, 4) is 0 Å². The Morgan fingerprint density at radius 3 is 3.00 bits per heavy atom. The molecule has 0 saturated heterocycles. The largest absolute Gasteiger partial charge is 0.370 e. The average Bonchev–Trinajstić information content (AvgIpc) is 2.40. The van der Waals surface area contributed by atoms with E-state index in [9.17, 15) is 0 Å². The number of rotatable bonds is 5. The Balaban J connectivity index is 1.59. The standard InChI is InChI=1S/C14H21N5S/c15-13(18-12-6-1-7-12)19-14(20)17-9-3-5-11-4-2-8-16-10-11/h2,4,8,10,12H,1,3,5-7,9H2,(H4,15,17,18,19,20). The molecule has 108 valence electrons. The number of pyridine rings is 1. The van der Waals surface area contributed by atoms with E-state index in [2.05, 4.69) is 26.7 Å². The van der Waals surface area contributed by atoms with E-state index >= 15 is 0 Å². The van der Waals surface area contributed by atoms with Gasteiger partial charge in [-0.25, -0.2) is 4.99 Å². The number of thiocarbonyl (C=S) groups is 1. The van der Waals surface area contributed by atoms with Gasteiger partial charge in [0.05, 0.1) is 6.04 Å². The lowest BCUT2D eigenvalue weighted by Gasteiger charge is -2.21. The zero-order valence-electron chi connectivity index (χ0n) is 11.5. The Hall–Kier alpha value is -1.69.